The lowest BCUT2D eigenvalue weighted by Gasteiger charge is -2.20. The Bertz CT molecular complexity index is 940. The first-order valence-corrected chi connectivity index (χ1v) is 8.25. The van der Waals surface area contributed by atoms with Crippen LogP contribution in [0.2, 0.25) is 0 Å². The number of hydrogen-bond acceptors (Lipinski definition) is 1. The van der Waals surface area contributed by atoms with Crippen LogP contribution in [0.1, 0.15) is 30.0 Å². The van der Waals surface area contributed by atoms with E-state index in [-0.39, 0.29) is 24.1 Å². The average Bonchev–Trinajstić information content (AvgIpc) is 2.56. The van der Waals surface area contributed by atoms with Crippen molar-refractivity contribution >= 4 is 5.83 Å². The van der Waals surface area contributed by atoms with Crippen LogP contribution in [0, 0.1) is 23.3 Å². The van der Waals surface area contributed by atoms with Gasteiger partial charge in [-0.2, -0.15) is 22.0 Å². The molecule has 0 atom stereocenters. The first-order valence-electron chi connectivity index (χ1n) is 8.25. The molecule has 0 saturated heterocycles. The minimum absolute atomic E-state index is 0.0180. The summed E-state index contributed by atoms with van der Waals surface area (Å²) in [5.41, 5.74) is -3.51. The molecule has 30 heavy (non-hydrogen) atoms. The van der Waals surface area contributed by atoms with E-state index < -0.39 is 64.3 Å². The fourth-order valence-corrected chi connectivity index (χ4v) is 2.53. The van der Waals surface area contributed by atoms with Crippen molar-refractivity contribution in [2.45, 2.75) is 32.1 Å². The van der Waals surface area contributed by atoms with Crippen molar-refractivity contribution in [2.75, 3.05) is 0 Å². The Morgan fingerprint density at radius 1 is 0.933 bits per heavy atom. The normalized spacial score (nSPS) is 13.0. The maximum absolute atomic E-state index is 14.2. The lowest BCUT2D eigenvalue weighted by atomic mass is 10.1. The van der Waals surface area contributed by atoms with Gasteiger partial charge in [-0.3, -0.25) is 0 Å². The topological polar surface area (TPSA) is 9.23 Å². The Kier molecular flexibility index (Phi) is 6.73. The van der Waals surface area contributed by atoms with Crippen LogP contribution < -0.4 is 4.74 Å². The molecule has 11 heteroatoms. The minimum Gasteiger partial charge on any atom is -0.429 e. The van der Waals surface area contributed by atoms with Crippen LogP contribution >= 0.6 is 0 Å². The molecule has 0 aliphatic heterocycles. The number of halogens is 10. The number of alkyl halides is 5. The van der Waals surface area contributed by atoms with Crippen LogP contribution in [0.5, 0.6) is 5.75 Å². The monoisotopic (exact) mass is 446 g/mol. The average molecular weight is 446 g/mol. The molecular weight excluding hydrogens is 434 g/mol. The van der Waals surface area contributed by atoms with Crippen LogP contribution in [0.4, 0.5) is 43.9 Å². The van der Waals surface area contributed by atoms with Gasteiger partial charge in [0.15, 0.2) is 11.6 Å². The lowest BCUT2D eigenvalue weighted by molar-refractivity contribution is -0.187. The predicted molar refractivity (Wildman–Crippen MR) is 86.4 cm³/mol. The summed E-state index contributed by atoms with van der Waals surface area (Å²) in [5.74, 6) is -11.1. The summed E-state index contributed by atoms with van der Waals surface area (Å²) >= 11 is 0. The summed E-state index contributed by atoms with van der Waals surface area (Å²) in [6.45, 7) is 1.64. The predicted octanol–water partition coefficient (Wildman–Crippen LogP) is 7.20. The summed E-state index contributed by atoms with van der Waals surface area (Å²) in [4.78, 5) is 0. The smallest absolute Gasteiger partial charge is 0.429 e. The SMILES string of the molecule is CCCc1ccc(C(F)(F)Oc2cc(F)c(C(F)=CC(F)(F)F)c(F)c2)c(F)c1F. The van der Waals surface area contributed by atoms with E-state index in [0.29, 0.717) is 12.5 Å². The largest absolute Gasteiger partial charge is 0.429 e. The van der Waals surface area contributed by atoms with Gasteiger partial charge in [0.1, 0.15) is 28.8 Å². The number of aryl methyl sites for hydroxylation is 1. The van der Waals surface area contributed by atoms with Crippen LogP contribution in [-0.4, -0.2) is 6.18 Å². The first-order chi connectivity index (χ1) is 13.8. The van der Waals surface area contributed by atoms with Crippen LogP contribution in [0.25, 0.3) is 5.83 Å². The van der Waals surface area contributed by atoms with Gasteiger partial charge in [-0.15, -0.1) is 0 Å². The molecule has 0 heterocycles. The summed E-state index contributed by atoms with van der Waals surface area (Å²) in [6.07, 6.45) is -10.4. The molecule has 0 aromatic heterocycles. The zero-order chi connectivity index (χ0) is 22.9. The molecule has 1 nitrogen and oxygen atoms in total. The van der Waals surface area contributed by atoms with E-state index in [1.165, 1.54) is 0 Å². The highest BCUT2D eigenvalue weighted by molar-refractivity contribution is 5.61. The highest BCUT2D eigenvalue weighted by Crippen LogP contribution is 2.37. The summed E-state index contributed by atoms with van der Waals surface area (Å²) < 4.78 is 138. The summed E-state index contributed by atoms with van der Waals surface area (Å²) in [7, 11) is 0. The quantitative estimate of drug-likeness (QED) is 0.427. The van der Waals surface area contributed by atoms with Gasteiger partial charge >= 0.3 is 12.3 Å². The number of hydrogen-bond donors (Lipinski definition) is 0. The Morgan fingerprint density at radius 3 is 2.00 bits per heavy atom. The fourth-order valence-electron chi connectivity index (χ4n) is 2.53. The van der Waals surface area contributed by atoms with E-state index >= 15 is 0 Å². The van der Waals surface area contributed by atoms with Gasteiger partial charge in [-0.1, -0.05) is 19.4 Å². The number of rotatable bonds is 6. The molecule has 0 unspecified atom stereocenters. The van der Waals surface area contributed by atoms with Crippen molar-refractivity contribution < 1.29 is 48.6 Å². The Labute approximate surface area is 163 Å². The number of ether oxygens (including phenoxy) is 1. The van der Waals surface area contributed by atoms with E-state index in [2.05, 4.69) is 4.74 Å². The summed E-state index contributed by atoms with van der Waals surface area (Å²) in [6, 6.07) is 1.37. The van der Waals surface area contributed by atoms with Crippen LogP contribution in [-0.2, 0) is 12.5 Å². The van der Waals surface area contributed by atoms with E-state index in [4.69, 9.17) is 0 Å². The number of allylic oxidation sites excluding steroid dienone is 1. The van der Waals surface area contributed by atoms with Crippen molar-refractivity contribution in [2.24, 2.45) is 0 Å². The van der Waals surface area contributed by atoms with Crippen LogP contribution in [0.3, 0.4) is 0 Å². The Morgan fingerprint density at radius 2 is 1.50 bits per heavy atom. The maximum atomic E-state index is 14.2. The molecule has 0 spiro atoms. The van der Waals surface area contributed by atoms with Gasteiger partial charge in [0.25, 0.3) is 0 Å². The van der Waals surface area contributed by atoms with Crippen molar-refractivity contribution in [3.8, 4) is 5.75 Å². The third-order valence-corrected chi connectivity index (χ3v) is 3.79. The highest BCUT2D eigenvalue weighted by Gasteiger charge is 2.40. The molecule has 164 valence electrons. The molecule has 0 amide bonds. The molecule has 0 bridgehead atoms. The van der Waals surface area contributed by atoms with Crippen molar-refractivity contribution in [1.82, 2.24) is 0 Å². The van der Waals surface area contributed by atoms with Crippen molar-refractivity contribution in [1.29, 1.82) is 0 Å². The Balaban J connectivity index is 2.41. The second-order valence-electron chi connectivity index (χ2n) is 6.06. The molecule has 2 aromatic rings. The highest BCUT2D eigenvalue weighted by atomic mass is 19.4. The second-order valence-corrected chi connectivity index (χ2v) is 6.06. The third kappa shape index (κ3) is 5.25. The molecule has 0 aliphatic rings. The van der Waals surface area contributed by atoms with Crippen molar-refractivity contribution in [3.63, 3.8) is 0 Å². The third-order valence-electron chi connectivity index (χ3n) is 3.79. The molecule has 0 N–H and O–H groups in total. The van der Waals surface area contributed by atoms with Gasteiger partial charge in [0, 0.05) is 12.1 Å². The molecule has 2 aromatic carbocycles. The number of benzene rings is 2. The minimum atomic E-state index is -5.24. The maximum Gasteiger partial charge on any atom is 0.429 e. The van der Waals surface area contributed by atoms with Gasteiger partial charge in [-0.25, -0.2) is 22.0 Å². The summed E-state index contributed by atoms with van der Waals surface area (Å²) in [5, 5.41) is 0. The molecule has 0 saturated carbocycles. The van der Waals surface area contributed by atoms with Gasteiger partial charge in [0.05, 0.1) is 11.6 Å². The second kappa shape index (κ2) is 8.57. The van der Waals surface area contributed by atoms with Gasteiger partial charge in [0.2, 0.25) is 0 Å². The van der Waals surface area contributed by atoms with E-state index in [1.807, 2.05) is 0 Å². The van der Waals surface area contributed by atoms with Crippen molar-refractivity contribution in [3.05, 3.63) is 70.3 Å². The van der Waals surface area contributed by atoms with Gasteiger partial charge < -0.3 is 4.74 Å². The fraction of sp³-hybridized carbons (Fsp3) is 0.263. The zero-order valence-corrected chi connectivity index (χ0v) is 15.0. The van der Waals surface area contributed by atoms with Gasteiger partial charge in [-0.05, 0) is 18.1 Å². The standard InChI is InChI=1S/C19H12F10O/c1-2-3-9-4-5-11(17(24)16(9)23)19(28,29)30-10-6-12(20)15(13(21)7-10)14(22)8-18(25,26)27/h4-8H,2-3H2,1H3. The molecule has 0 aliphatic carbocycles. The molecule has 2 rings (SSSR count). The molecule has 0 radical (unpaired) electrons. The zero-order valence-electron chi connectivity index (χ0n) is 15.0. The van der Waals surface area contributed by atoms with Crippen LogP contribution in [0.15, 0.2) is 30.3 Å². The van der Waals surface area contributed by atoms with E-state index in [9.17, 15) is 43.9 Å². The first kappa shape index (κ1) is 23.6. The Hall–Kier alpha value is -2.72. The lowest BCUT2D eigenvalue weighted by Crippen LogP contribution is -2.24. The van der Waals surface area contributed by atoms with E-state index in [1.54, 1.807) is 6.92 Å². The van der Waals surface area contributed by atoms with E-state index in [0.717, 1.165) is 6.07 Å². The molecular formula is C19H12F10O. The molecule has 0 fully saturated rings.